The summed E-state index contributed by atoms with van der Waals surface area (Å²) >= 11 is 7.67. The molecule has 0 radical (unpaired) electrons. The van der Waals surface area contributed by atoms with Crippen LogP contribution < -0.4 is 0 Å². The lowest BCUT2D eigenvalue weighted by Gasteiger charge is -2.05. The molecule has 0 saturated heterocycles. The molecule has 0 amide bonds. The Kier molecular flexibility index (Phi) is 3.21. The Morgan fingerprint density at radius 3 is 2.74 bits per heavy atom. The first-order valence-electron chi connectivity index (χ1n) is 5.90. The molecule has 2 aromatic heterocycles. The fraction of sp³-hybridized carbons (Fsp3) is 0.143. The molecular formula is C14H12ClN3S. The molecule has 19 heavy (non-hydrogen) atoms. The zero-order valence-electron chi connectivity index (χ0n) is 10.6. The quantitative estimate of drug-likeness (QED) is 0.712. The van der Waals surface area contributed by atoms with Crippen LogP contribution >= 0.6 is 23.4 Å². The molecule has 3 rings (SSSR count). The van der Waals surface area contributed by atoms with Crippen molar-refractivity contribution >= 4 is 34.3 Å². The standard InChI is InChI=1S/C14H12ClN3S/c1-8-13(15)16-9(2)17-14(8)19-12-7-10-5-3-4-6-11(10)18-12/h3-7,18H,1-2H3. The minimum Gasteiger partial charge on any atom is -0.349 e. The number of fused-ring (bicyclic) bond motifs is 1. The summed E-state index contributed by atoms with van der Waals surface area (Å²) in [7, 11) is 0. The van der Waals surface area contributed by atoms with E-state index in [9.17, 15) is 0 Å². The number of halogens is 1. The van der Waals surface area contributed by atoms with E-state index in [0.717, 1.165) is 21.1 Å². The summed E-state index contributed by atoms with van der Waals surface area (Å²) in [6.07, 6.45) is 0. The molecule has 0 atom stereocenters. The third-order valence-corrected chi connectivity index (χ3v) is 4.26. The van der Waals surface area contributed by atoms with Gasteiger partial charge in [-0.25, -0.2) is 9.97 Å². The van der Waals surface area contributed by atoms with E-state index in [1.165, 1.54) is 5.39 Å². The summed E-state index contributed by atoms with van der Waals surface area (Å²) in [5.41, 5.74) is 2.04. The number of benzene rings is 1. The molecule has 0 aliphatic heterocycles. The first-order chi connectivity index (χ1) is 9.13. The maximum Gasteiger partial charge on any atom is 0.136 e. The molecule has 0 unspecified atom stereocenters. The van der Waals surface area contributed by atoms with Crippen LogP contribution in [0.3, 0.4) is 0 Å². The van der Waals surface area contributed by atoms with E-state index in [2.05, 4.69) is 33.2 Å². The van der Waals surface area contributed by atoms with Crippen LogP contribution in [-0.2, 0) is 0 Å². The zero-order chi connectivity index (χ0) is 13.4. The fourth-order valence-corrected chi connectivity index (χ4v) is 3.13. The maximum absolute atomic E-state index is 6.09. The van der Waals surface area contributed by atoms with Crippen molar-refractivity contribution in [1.82, 2.24) is 15.0 Å². The number of aryl methyl sites for hydroxylation is 1. The second-order valence-electron chi connectivity index (χ2n) is 4.31. The van der Waals surface area contributed by atoms with Gasteiger partial charge < -0.3 is 4.98 Å². The average molecular weight is 290 g/mol. The first-order valence-corrected chi connectivity index (χ1v) is 7.09. The van der Waals surface area contributed by atoms with Crippen molar-refractivity contribution in [1.29, 1.82) is 0 Å². The summed E-state index contributed by atoms with van der Waals surface area (Å²) in [4.78, 5) is 12.0. The van der Waals surface area contributed by atoms with E-state index in [0.29, 0.717) is 11.0 Å². The Morgan fingerprint density at radius 1 is 1.16 bits per heavy atom. The van der Waals surface area contributed by atoms with Crippen molar-refractivity contribution in [3.63, 3.8) is 0 Å². The van der Waals surface area contributed by atoms with Crippen molar-refractivity contribution in [2.75, 3.05) is 0 Å². The smallest absolute Gasteiger partial charge is 0.136 e. The van der Waals surface area contributed by atoms with Crippen molar-refractivity contribution in [3.05, 3.63) is 46.9 Å². The summed E-state index contributed by atoms with van der Waals surface area (Å²) in [5.74, 6) is 0.689. The monoisotopic (exact) mass is 289 g/mol. The van der Waals surface area contributed by atoms with E-state index >= 15 is 0 Å². The third-order valence-electron chi connectivity index (χ3n) is 2.87. The Hall–Kier alpha value is -1.52. The molecule has 0 aliphatic rings. The van der Waals surface area contributed by atoms with Gasteiger partial charge in [-0.05, 0) is 26.0 Å². The van der Waals surface area contributed by atoms with Gasteiger partial charge in [0.25, 0.3) is 0 Å². The van der Waals surface area contributed by atoms with Gasteiger partial charge >= 0.3 is 0 Å². The lowest BCUT2D eigenvalue weighted by Crippen LogP contribution is -1.95. The number of nitrogens with zero attached hydrogens (tertiary/aromatic N) is 2. The van der Waals surface area contributed by atoms with E-state index in [1.807, 2.05) is 26.0 Å². The highest BCUT2D eigenvalue weighted by Crippen LogP contribution is 2.32. The minimum absolute atomic E-state index is 0.520. The fourth-order valence-electron chi connectivity index (χ4n) is 1.88. The predicted molar refractivity (Wildman–Crippen MR) is 78.9 cm³/mol. The number of hydrogen-bond acceptors (Lipinski definition) is 3. The lowest BCUT2D eigenvalue weighted by atomic mass is 10.3. The Morgan fingerprint density at radius 2 is 1.95 bits per heavy atom. The number of nitrogens with one attached hydrogen (secondary N) is 1. The molecule has 2 heterocycles. The normalized spacial score (nSPS) is 11.1. The van der Waals surface area contributed by atoms with Gasteiger partial charge in [0.15, 0.2) is 0 Å². The number of aromatic amines is 1. The number of H-pyrrole nitrogens is 1. The highest BCUT2D eigenvalue weighted by molar-refractivity contribution is 7.99. The van der Waals surface area contributed by atoms with Gasteiger partial charge in [-0.3, -0.25) is 0 Å². The van der Waals surface area contributed by atoms with Crippen LogP contribution in [-0.4, -0.2) is 15.0 Å². The summed E-state index contributed by atoms with van der Waals surface area (Å²) in [6.45, 7) is 3.79. The largest absolute Gasteiger partial charge is 0.349 e. The molecule has 0 bridgehead atoms. The van der Waals surface area contributed by atoms with Crippen molar-refractivity contribution in [2.45, 2.75) is 23.9 Å². The van der Waals surface area contributed by atoms with Crippen LogP contribution in [0.4, 0.5) is 0 Å². The molecule has 0 fully saturated rings. The SMILES string of the molecule is Cc1nc(Cl)c(C)c(Sc2cc3ccccc3[nH]2)n1. The number of rotatable bonds is 2. The Bertz CT molecular complexity index is 719. The third kappa shape index (κ3) is 2.46. The van der Waals surface area contributed by atoms with Crippen molar-refractivity contribution < 1.29 is 0 Å². The second-order valence-corrected chi connectivity index (χ2v) is 5.70. The van der Waals surface area contributed by atoms with Gasteiger partial charge in [0.1, 0.15) is 16.0 Å². The van der Waals surface area contributed by atoms with E-state index < -0.39 is 0 Å². The van der Waals surface area contributed by atoms with Crippen molar-refractivity contribution in [2.24, 2.45) is 0 Å². The van der Waals surface area contributed by atoms with Crippen molar-refractivity contribution in [3.8, 4) is 0 Å². The number of aromatic nitrogens is 3. The lowest BCUT2D eigenvalue weighted by molar-refractivity contribution is 0.937. The van der Waals surface area contributed by atoms with E-state index in [4.69, 9.17) is 11.6 Å². The van der Waals surface area contributed by atoms with Gasteiger partial charge in [0, 0.05) is 16.5 Å². The maximum atomic E-state index is 6.09. The molecule has 0 spiro atoms. The predicted octanol–water partition coefficient (Wildman–Crippen LogP) is 4.38. The highest BCUT2D eigenvalue weighted by atomic mass is 35.5. The summed E-state index contributed by atoms with van der Waals surface area (Å²) in [6, 6.07) is 10.3. The molecule has 96 valence electrons. The molecule has 0 saturated carbocycles. The van der Waals surface area contributed by atoms with Crippen LogP contribution in [0.5, 0.6) is 0 Å². The topological polar surface area (TPSA) is 41.6 Å². The second kappa shape index (κ2) is 4.87. The van der Waals surface area contributed by atoms with Gasteiger partial charge in [0.05, 0.1) is 5.03 Å². The molecule has 3 aromatic rings. The van der Waals surface area contributed by atoms with E-state index in [-0.39, 0.29) is 0 Å². The highest BCUT2D eigenvalue weighted by Gasteiger charge is 2.10. The molecule has 1 aromatic carbocycles. The van der Waals surface area contributed by atoms with Crippen LogP contribution in [0, 0.1) is 13.8 Å². The Balaban J connectivity index is 2.01. The molecule has 5 heteroatoms. The zero-order valence-corrected chi connectivity index (χ0v) is 12.1. The number of para-hydroxylation sites is 1. The Labute approximate surface area is 120 Å². The summed E-state index contributed by atoms with van der Waals surface area (Å²) in [5, 5.41) is 3.66. The van der Waals surface area contributed by atoms with Gasteiger partial charge in [-0.1, -0.05) is 41.6 Å². The average Bonchev–Trinajstić information content (AvgIpc) is 2.77. The minimum atomic E-state index is 0.520. The first kappa shape index (κ1) is 12.5. The van der Waals surface area contributed by atoms with Gasteiger partial charge in [-0.15, -0.1) is 0 Å². The molecular weight excluding hydrogens is 278 g/mol. The van der Waals surface area contributed by atoms with Crippen LogP contribution in [0.25, 0.3) is 10.9 Å². The molecule has 1 N–H and O–H groups in total. The number of hydrogen-bond donors (Lipinski definition) is 1. The van der Waals surface area contributed by atoms with Crippen LogP contribution in [0.15, 0.2) is 40.4 Å². The van der Waals surface area contributed by atoms with Crippen LogP contribution in [0.1, 0.15) is 11.4 Å². The van der Waals surface area contributed by atoms with Gasteiger partial charge in [0.2, 0.25) is 0 Å². The van der Waals surface area contributed by atoms with Gasteiger partial charge in [-0.2, -0.15) is 0 Å². The molecule has 3 nitrogen and oxygen atoms in total. The molecule has 0 aliphatic carbocycles. The van der Waals surface area contributed by atoms with Crippen LogP contribution in [0.2, 0.25) is 5.15 Å². The summed E-state index contributed by atoms with van der Waals surface area (Å²) < 4.78 is 0. The van der Waals surface area contributed by atoms with E-state index in [1.54, 1.807) is 11.8 Å².